The summed E-state index contributed by atoms with van der Waals surface area (Å²) in [6, 6.07) is 19.5. The van der Waals surface area contributed by atoms with E-state index in [1.807, 2.05) is 60.7 Å². The molecule has 2 heterocycles. The lowest BCUT2D eigenvalue weighted by Crippen LogP contribution is -2.36. The fourth-order valence-corrected chi connectivity index (χ4v) is 3.42. The van der Waals surface area contributed by atoms with Gasteiger partial charge in [-0.25, -0.2) is 9.98 Å². The minimum absolute atomic E-state index is 0.0410. The summed E-state index contributed by atoms with van der Waals surface area (Å²) < 4.78 is 11.5. The number of nitrogens with zero attached hydrogens (tertiary/aromatic N) is 6. The molecule has 0 radical (unpaired) electrons. The summed E-state index contributed by atoms with van der Waals surface area (Å²) in [5, 5.41) is 25.1. The minimum Gasteiger partial charge on any atom is -0.861 e. The van der Waals surface area contributed by atoms with Gasteiger partial charge >= 0.3 is 5.88 Å². The van der Waals surface area contributed by atoms with Crippen LogP contribution >= 0.6 is 11.8 Å². The molecular formula is C22H20N6O3S. The Labute approximate surface area is 188 Å². The number of hydrogen-bond donors (Lipinski definition) is 0. The number of thioether (sulfide) groups is 1. The van der Waals surface area contributed by atoms with Crippen molar-refractivity contribution < 1.29 is 19.0 Å². The Morgan fingerprint density at radius 1 is 1.03 bits per heavy atom. The third-order valence-corrected chi connectivity index (χ3v) is 5.17. The van der Waals surface area contributed by atoms with Gasteiger partial charge in [0.2, 0.25) is 17.0 Å². The summed E-state index contributed by atoms with van der Waals surface area (Å²) in [4.78, 5) is 8.60. The van der Waals surface area contributed by atoms with Gasteiger partial charge in [0.05, 0.1) is 0 Å². The number of rotatable bonds is 9. The van der Waals surface area contributed by atoms with Crippen molar-refractivity contribution in [1.82, 2.24) is 20.5 Å². The van der Waals surface area contributed by atoms with E-state index in [4.69, 9.17) is 9.26 Å². The second-order valence-electron chi connectivity index (χ2n) is 6.61. The summed E-state index contributed by atoms with van der Waals surface area (Å²) in [5.74, 6) is -0.212. The lowest BCUT2D eigenvalue weighted by Gasteiger charge is -2.11. The molecule has 0 unspecified atom stereocenters. The fraction of sp³-hybridized carbons (Fsp3) is 0.182. The zero-order chi connectivity index (χ0) is 22.2. The van der Waals surface area contributed by atoms with Crippen LogP contribution in [0.4, 0.5) is 5.88 Å². The molecule has 0 saturated heterocycles. The lowest BCUT2D eigenvalue weighted by atomic mass is 10.0. The van der Waals surface area contributed by atoms with Crippen molar-refractivity contribution in [1.29, 1.82) is 0 Å². The molecule has 0 aliphatic rings. The van der Waals surface area contributed by atoms with Crippen LogP contribution in [0.2, 0.25) is 0 Å². The molecule has 32 heavy (non-hydrogen) atoms. The number of hydrogen-bond acceptors (Lipinski definition) is 9. The normalized spacial score (nSPS) is 11.6. The first-order valence-corrected chi connectivity index (χ1v) is 10.8. The van der Waals surface area contributed by atoms with Gasteiger partial charge in [0, 0.05) is 24.0 Å². The summed E-state index contributed by atoms with van der Waals surface area (Å²) in [6.45, 7) is 0.988. The average Bonchev–Trinajstić information content (AvgIpc) is 3.29. The maximum Gasteiger partial charge on any atom is 0.320 e. The molecule has 0 N–H and O–H groups in total. The van der Waals surface area contributed by atoms with Crippen molar-refractivity contribution in [3.8, 4) is 22.5 Å². The van der Waals surface area contributed by atoms with Crippen LogP contribution in [0.1, 0.15) is 0 Å². The monoisotopic (exact) mass is 448 g/mol. The minimum atomic E-state index is -0.387. The van der Waals surface area contributed by atoms with E-state index >= 15 is 0 Å². The SMILES string of the molecule is COCC[n+]1cc(/N=C(/[O-])CSc2nnc(-c3ccccc3)c(-c3ccccc3)n2)on1. The first-order chi connectivity index (χ1) is 15.7. The van der Waals surface area contributed by atoms with Crippen LogP contribution in [-0.4, -0.2) is 45.8 Å². The van der Waals surface area contributed by atoms with Gasteiger partial charge in [0.15, 0.2) is 0 Å². The summed E-state index contributed by atoms with van der Waals surface area (Å²) in [6.07, 6.45) is 1.54. The number of benzene rings is 2. The van der Waals surface area contributed by atoms with Gasteiger partial charge in [0.1, 0.15) is 18.0 Å². The van der Waals surface area contributed by atoms with Gasteiger partial charge < -0.3 is 9.84 Å². The molecule has 4 rings (SSSR count). The molecule has 0 amide bonds. The molecule has 0 atom stereocenters. The van der Waals surface area contributed by atoms with Crippen molar-refractivity contribution in [2.75, 3.05) is 19.5 Å². The zero-order valence-electron chi connectivity index (χ0n) is 17.3. The molecule has 2 aromatic heterocycles. The van der Waals surface area contributed by atoms with Gasteiger partial charge in [-0.2, -0.15) is 0 Å². The summed E-state index contributed by atoms with van der Waals surface area (Å²) in [7, 11) is 1.60. The molecular weight excluding hydrogens is 428 g/mol. The van der Waals surface area contributed by atoms with Crippen LogP contribution in [0.15, 0.2) is 81.5 Å². The molecule has 2 aromatic carbocycles. The highest BCUT2D eigenvalue weighted by Gasteiger charge is 2.14. The van der Waals surface area contributed by atoms with Crippen molar-refractivity contribution in [2.45, 2.75) is 11.7 Å². The summed E-state index contributed by atoms with van der Waals surface area (Å²) >= 11 is 1.16. The number of ether oxygens (including phenoxy) is 1. The molecule has 0 fully saturated rings. The second kappa shape index (κ2) is 10.6. The largest absolute Gasteiger partial charge is 0.861 e. The summed E-state index contributed by atoms with van der Waals surface area (Å²) in [5.41, 5.74) is 3.22. The van der Waals surface area contributed by atoms with E-state index in [2.05, 4.69) is 25.4 Å². The molecule has 0 aliphatic heterocycles. The van der Waals surface area contributed by atoms with Gasteiger partial charge in [-0.1, -0.05) is 72.4 Å². The van der Waals surface area contributed by atoms with Gasteiger partial charge in [-0.3, -0.25) is 4.52 Å². The first-order valence-electron chi connectivity index (χ1n) is 9.81. The highest BCUT2D eigenvalue weighted by molar-refractivity contribution is 7.99. The molecule has 0 aliphatic carbocycles. The fourth-order valence-electron chi connectivity index (χ4n) is 2.85. The van der Waals surface area contributed by atoms with E-state index in [1.165, 1.54) is 4.68 Å². The van der Waals surface area contributed by atoms with E-state index in [0.29, 0.717) is 29.7 Å². The van der Waals surface area contributed by atoms with Crippen LogP contribution in [0.5, 0.6) is 0 Å². The van der Waals surface area contributed by atoms with Crippen molar-refractivity contribution in [2.24, 2.45) is 4.99 Å². The molecule has 9 nitrogen and oxygen atoms in total. The van der Waals surface area contributed by atoms with Gasteiger partial charge in [-0.15, -0.1) is 10.2 Å². The zero-order valence-corrected chi connectivity index (χ0v) is 18.1. The highest BCUT2D eigenvalue weighted by Crippen LogP contribution is 2.29. The predicted molar refractivity (Wildman–Crippen MR) is 117 cm³/mol. The second-order valence-corrected chi connectivity index (χ2v) is 7.56. The molecule has 0 spiro atoms. The Bertz CT molecular complexity index is 1180. The Hall–Kier alpha value is -3.63. The molecule has 4 aromatic rings. The smallest absolute Gasteiger partial charge is 0.320 e. The quantitative estimate of drug-likeness (QED) is 0.166. The standard InChI is InChI=1S/C22H20N6O3S/c1-30-13-12-28-14-19(31-27-28)23-18(29)15-32-22-24-20(16-8-4-2-5-9-16)21(25-26-22)17-10-6-3-7-11-17/h2-11,14H,12-13,15H2,1H3. The van der Waals surface area contributed by atoms with Crippen molar-refractivity contribution in [3.63, 3.8) is 0 Å². The van der Waals surface area contributed by atoms with Crippen LogP contribution in [0.3, 0.4) is 0 Å². The predicted octanol–water partition coefficient (Wildman–Crippen LogP) is 2.31. The average molecular weight is 449 g/mol. The van der Waals surface area contributed by atoms with Gasteiger partial charge in [0.25, 0.3) is 6.20 Å². The van der Waals surface area contributed by atoms with E-state index in [-0.39, 0.29) is 17.5 Å². The number of aliphatic imine (C=N–C) groups is 1. The van der Waals surface area contributed by atoms with Crippen LogP contribution in [-0.2, 0) is 11.3 Å². The highest BCUT2D eigenvalue weighted by atomic mass is 32.2. The first kappa shape index (κ1) is 21.6. The third kappa shape index (κ3) is 5.54. The van der Waals surface area contributed by atoms with E-state index in [0.717, 1.165) is 22.9 Å². The Kier molecular flexibility index (Phi) is 7.15. The molecule has 162 valence electrons. The van der Waals surface area contributed by atoms with Crippen LogP contribution < -0.4 is 9.79 Å². The molecule has 0 saturated carbocycles. The maximum absolute atomic E-state index is 12.3. The van der Waals surface area contributed by atoms with Gasteiger partial charge in [-0.05, 0) is 10.6 Å². The van der Waals surface area contributed by atoms with Crippen molar-refractivity contribution >= 4 is 23.5 Å². The van der Waals surface area contributed by atoms with Crippen LogP contribution in [0.25, 0.3) is 22.5 Å². The Balaban J connectivity index is 1.52. The topological polar surface area (TPSA) is 113 Å². The lowest BCUT2D eigenvalue weighted by molar-refractivity contribution is -0.763. The van der Waals surface area contributed by atoms with E-state index in [1.54, 1.807) is 13.3 Å². The van der Waals surface area contributed by atoms with Crippen LogP contribution in [0, 0.1) is 0 Å². The van der Waals surface area contributed by atoms with E-state index < -0.39 is 0 Å². The number of methoxy groups -OCH3 is 1. The molecule has 10 heteroatoms. The Morgan fingerprint density at radius 2 is 1.72 bits per heavy atom. The number of aromatic nitrogens is 5. The van der Waals surface area contributed by atoms with E-state index in [9.17, 15) is 5.11 Å². The molecule has 0 bridgehead atoms. The van der Waals surface area contributed by atoms with Crippen molar-refractivity contribution in [3.05, 3.63) is 66.9 Å². The Morgan fingerprint density at radius 3 is 2.41 bits per heavy atom. The third-order valence-electron chi connectivity index (χ3n) is 4.34. The maximum atomic E-state index is 12.3.